The van der Waals surface area contributed by atoms with Gasteiger partial charge in [0.1, 0.15) is 0 Å². The van der Waals surface area contributed by atoms with E-state index in [1.165, 1.54) is 19.5 Å². The van der Waals surface area contributed by atoms with E-state index in [2.05, 4.69) is 4.90 Å². The Balaban J connectivity index is 1.80. The molecule has 2 nitrogen and oxygen atoms in total. The van der Waals surface area contributed by atoms with Crippen molar-refractivity contribution in [3.63, 3.8) is 0 Å². The van der Waals surface area contributed by atoms with E-state index >= 15 is 0 Å². The Morgan fingerprint density at radius 1 is 1.36 bits per heavy atom. The van der Waals surface area contributed by atoms with Gasteiger partial charge in [0.15, 0.2) is 0 Å². The molecule has 2 rings (SSSR count). The van der Waals surface area contributed by atoms with E-state index in [4.69, 9.17) is 0 Å². The molecule has 1 N–H and O–H groups in total. The van der Waals surface area contributed by atoms with Crippen molar-refractivity contribution in [2.75, 3.05) is 19.6 Å². The fourth-order valence-electron chi connectivity index (χ4n) is 2.17. The molecule has 11 heavy (non-hydrogen) atoms. The van der Waals surface area contributed by atoms with Crippen LogP contribution in [0.2, 0.25) is 0 Å². The molecule has 2 fully saturated rings. The highest BCUT2D eigenvalue weighted by atomic mass is 16.3. The first-order valence-electron chi connectivity index (χ1n) is 4.49. The summed E-state index contributed by atoms with van der Waals surface area (Å²) in [5.74, 6) is 1.97. The van der Waals surface area contributed by atoms with Gasteiger partial charge < -0.3 is 5.11 Å². The van der Waals surface area contributed by atoms with Crippen LogP contribution < -0.4 is 0 Å². The van der Waals surface area contributed by atoms with E-state index in [9.17, 15) is 5.11 Å². The maximum Gasteiger partial charge on any atom is 0.0718 e. The van der Waals surface area contributed by atoms with E-state index < -0.39 is 5.60 Å². The van der Waals surface area contributed by atoms with E-state index in [0.29, 0.717) is 0 Å². The van der Waals surface area contributed by atoms with Crippen molar-refractivity contribution < 1.29 is 5.11 Å². The Labute approximate surface area is 68.2 Å². The van der Waals surface area contributed by atoms with Gasteiger partial charge in [-0.2, -0.15) is 0 Å². The topological polar surface area (TPSA) is 23.5 Å². The summed E-state index contributed by atoms with van der Waals surface area (Å²) >= 11 is 0. The van der Waals surface area contributed by atoms with E-state index in [1.807, 2.05) is 13.8 Å². The predicted molar refractivity (Wildman–Crippen MR) is 44.3 cm³/mol. The maximum atomic E-state index is 9.54. The van der Waals surface area contributed by atoms with E-state index in [-0.39, 0.29) is 0 Å². The Bertz CT molecular complexity index is 151. The van der Waals surface area contributed by atoms with Crippen LogP contribution in [0.4, 0.5) is 0 Å². The molecule has 2 atom stereocenters. The average Bonchev–Trinajstić information content (AvgIpc) is 2.36. The van der Waals surface area contributed by atoms with Gasteiger partial charge in [0.25, 0.3) is 0 Å². The number of β-amino-alcohol motifs (C(OH)–C–C–N with tert-alkyl or cyclic N) is 1. The lowest BCUT2D eigenvalue weighted by Gasteiger charge is -2.25. The standard InChI is InChI=1S/C9H17NO/c1-9(2,11)6-10-4-7-3-8(7)5-10/h7-8,11H,3-6H2,1-2H3/t7-,8?/m0/s1. The number of aliphatic hydroxyl groups is 1. The van der Waals surface area contributed by atoms with Crippen molar-refractivity contribution in [3.05, 3.63) is 0 Å². The summed E-state index contributed by atoms with van der Waals surface area (Å²) in [6, 6.07) is 0. The second-order valence-corrected chi connectivity index (χ2v) is 4.76. The highest BCUT2D eigenvalue weighted by molar-refractivity contribution is 4.97. The summed E-state index contributed by atoms with van der Waals surface area (Å²) < 4.78 is 0. The van der Waals surface area contributed by atoms with Crippen LogP contribution in [-0.4, -0.2) is 35.2 Å². The molecule has 0 radical (unpaired) electrons. The Morgan fingerprint density at radius 3 is 2.36 bits per heavy atom. The molecule has 1 heterocycles. The number of fused-ring (bicyclic) bond motifs is 1. The molecule has 1 aliphatic carbocycles. The minimum Gasteiger partial charge on any atom is -0.389 e. The lowest BCUT2D eigenvalue weighted by Crippen LogP contribution is -2.38. The third-order valence-electron chi connectivity index (χ3n) is 2.66. The molecule has 1 saturated carbocycles. The van der Waals surface area contributed by atoms with Gasteiger partial charge in [-0.15, -0.1) is 0 Å². The van der Waals surface area contributed by atoms with Crippen LogP contribution in [-0.2, 0) is 0 Å². The molecule has 0 bridgehead atoms. The summed E-state index contributed by atoms with van der Waals surface area (Å²) in [5, 5.41) is 9.54. The number of likely N-dealkylation sites (tertiary alicyclic amines) is 1. The second-order valence-electron chi connectivity index (χ2n) is 4.76. The molecular formula is C9H17NO. The first-order valence-corrected chi connectivity index (χ1v) is 4.49. The molecule has 1 saturated heterocycles. The third-order valence-corrected chi connectivity index (χ3v) is 2.66. The SMILES string of the molecule is CC(C)(O)CN1CC2C[C@H]2C1. The molecular weight excluding hydrogens is 138 g/mol. The third kappa shape index (κ3) is 1.74. The first-order chi connectivity index (χ1) is 5.04. The van der Waals surface area contributed by atoms with Crippen LogP contribution >= 0.6 is 0 Å². The maximum absolute atomic E-state index is 9.54. The number of hydrogen-bond donors (Lipinski definition) is 1. The van der Waals surface area contributed by atoms with Crippen LogP contribution in [0.1, 0.15) is 20.3 Å². The van der Waals surface area contributed by atoms with Gasteiger partial charge in [-0.3, -0.25) is 4.90 Å². The van der Waals surface area contributed by atoms with Gasteiger partial charge in [-0.05, 0) is 32.1 Å². The van der Waals surface area contributed by atoms with Crippen molar-refractivity contribution in [1.82, 2.24) is 4.90 Å². The zero-order valence-electron chi connectivity index (χ0n) is 7.38. The van der Waals surface area contributed by atoms with Gasteiger partial charge >= 0.3 is 0 Å². The van der Waals surface area contributed by atoms with Gasteiger partial charge in [0, 0.05) is 19.6 Å². The number of piperidine rings is 1. The van der Waals surface area contributed by atoms with Crippen LogP contribution in [0.15, 0.2) is 0 Å². The Hall–Kier alpha value is -0.0800. The Morgan fingerprint density at radius 2 is 1.91 bits per heavy atom. The molecule has 0 aromatic carbocycles. The van der Waals surface area contributed by atoms with Crippen molar-refractivity contribution in [2.45, 2.75) is 25.9 Å². The van der Waals surface area contributed by atoms with Crippen molar-refractivity contribution >= 4 is 0 Å². The van der Waals surface area contributed by atoms with Crippen LogP contribution in [0.25, 0.3) is 0 Å². The van der Waals surface area contributed by atoms with Crippen LogP contribution in [0, 0.1) is 11.8 Å². The van der Waals surface area contributed by atoms with Crippen molar-refractivity contribution in [1.29, 1.82) is 0 Å². The highest BCUT2D eigenvalue weighted by Gasteiger charge is 2.45. The second kappa shape index (κ2) is 2.20. The Kier molecular flexibility index (Phi) is 1.52. The normalized spacial score (nSPS) is 37.4. The van der Waals surface area contributed by atoms with Gasteiger partial charge in [0.05, 0.1) is 5.60 Å². The molecule has 2 heteroatoms. The average molecular weight is 155 g/mol. The minimum absolute atomic E-state index is 0.503. The van der Waals surface area contributed by atoms with E-state index in [0.717, 1.165) is 18.4 Å². The smallest absolute Gasteiger partial charge is 0.0718 e. The molecule has 64 valence electrons. The summed E-state index contributed by atoms with van der Waals surface area (Å²) in [6.07, 6.45) is 1.45. The largest absolute Gasteiger partial charge is 0.389 e. The zero-order chi connectivity index (χ0) is 8.06. The molecule has 1 unspecified atom stereocenters. The van der Waals surface area contributed by atoms with Gasteiger partial charge in [0.2, 0.25) is 0 Å². The molecule has 0 spiro atoms. The fourth-order valence-corrected chi connectivity index (χ4v) is 2.17. The number of hydrogen-bond acceptors (Lipinski definition) is 2. The first kappa shape index (κ1) is 7.56. The molecule has 0 amide bonds. The lowest BCUT2D eigenvalue weighted by molar-refractivity contribution is 0.0404. The monoisotopic (exact) mass is 155 g/mol. The van der Waals surface area contributed by atoms with Crippen molar-refractivity contribution in [3.8, 4) is 0 Å². The molecule has 1 aliphatic heterocycles. The van der Waals surface area contributed by atoms with E-state index in [1.54, 1.807) is 0 Å². The predicted octanol–water partition coefficient (Wildman–Crippen LogP) is 0.709. The van der Waals surface area contributed by atoms with Crippen LogP contribution in [0.5, 0.6) is 0 Å². The quantitative estimate of drug-likeness (QED) is 0.635. The van der Waals surface area contributed by atoms with Crippen LogP contribution in [0.3, 0.4) is 0 Å². The summed E-state index contributed by atoms with van der Waals surface area (Å²) in [4.78, 5) is 2.39. The molecule has 2 aliphatic rings. The fraction of sp³-hybridized carbons (Fsp3) is 1.00. The zero-order valence-corrected chi connectivity index (χ0v) is 7.38. The number of nitrogens with zero attached hydrogens (tertiary/aromatic N) is 1. The molecule has 0 aromatic rings. The number of rotatable bonds is 2. The van der Waals surface area contributed by atoms with Crippen molar-refractivity contribution in [2.24, 2.45) is 11.8 Å². The highest BCUT2D eigenvalue weighted by Crippen LogP contribution is 2.44. The molecule has 0 aromatic heterocycles. The summed E-state index contributed by atoms with van der Waals surface area (Å²) in [5.41, 5.74) is -0.503. The lowest BCUT2D eigenvalue weighted by atomic mass is 10.1. The van der Waals surface area contributed by atoms with Gasteiger partial charge in [-0.25, -0.2) is 0 Å². The summed E-state index contributed by atoms with van der Waals surface area (Å²) in [6.45, 7) is 7.08. The van der Waals surface area contributed by atoms with Gasteiger partial charge in [-0.1, -0.05) is 0 Å². The minimum atomic E-state index is -0.503. The summed E-state index contributed by atoms with van der Waals surface area (Å²) in [7, 11) is 0.